The van der Waals surface area contributed by atoms with E-state index in [9.17, 15) is 0 Å². The van der Waals surface area contributed by atoms with E-state index in [1.807, 2.05) is 0 Å². The maximum Gasteiger partial charge on any atom is 0.235 e. The Morgan fingerprint density at radius 3 is 1.84 bits per heavy atom. The maximum atomic E-state index is 5.50. The predicted molar refractivity (Wildman–Crippen MR) is 209 cm³/mol. The molecule has 4 heterocycles. The molecule has 4 aromatic heterocycles. The molecule has 0 aliphatic heterocycles. The van der Waals surface area contributed by atoms with E-state index in [0.717, 1.165) is 44.0 Å². The third-order valence-corrected chi connectivity index (χ3v) is 10.8. The van der Waals surface area contributed by atoms with E-state index in [0.29, 0.717) is 5.95 Å². The Kier molecular flexibility index (Phi) is 4.94. The molecule has 0 saturated heterocycles. The van der Waals surface area contributed by atoms with E-state index < -0.39 is 0 Å². The molecule has 0 saturated carbocycles. The van der Waals surface area contributed by atoms with Gasteiger partial charge in [0.1, 0.15) is 0 Å². The van der Waals surface area contributed by atoms with Crippen molar-refractivity contribution in [3.05, 3.63) is 158 Å². The minimum absolute atomic E-state index is 0.673. The van der Waals surface area contributed by atoms with Crippen LogP contribution in [0, 0.1) is 0 Å². The van der Waals surface area contributed by atoms with Crippen LogP contribution in [0.15, 0.2) is 158 Å². The van der Waals surface area contributed by atoms with E-state index in [1.54, 1.807) is 0 Å². The highest BCUT2D eigenvalue weighted by atomic mass is 15.2. The van der Waals surface area contributed by atoms with Crippen molar-refractivity contribution in [1.82, 2.24) is 18.9 Å². The standard InChI is InChI=1S/C46H26N4/c1-2-13-28(14-3-1)42-34-23-22-27-12-6-7-17-31(27)43(34)48-46(47-42)50-39-21-11-9-19-33(39)36-26-35-32-18-8-10-20-38(32)49-40-25-30-16-5-4-15-29(30)24-37(40)41(44(35)49)45(36)50/h1-26H. The van der Waals surface area contributed by atoms with Crippen LogP contribution in [0.4, 0.5) is 0 Å². The molecule has 0 N–H and O–H groups in total. The predicted octanol–water partition coefficient (Wildman–Crippen LogP) is 11.9. The lowest BCUT2D eigenvalue weighted by Gasteiger charge is -2.13. The highest BCUT2D eigenvalue weighted by Gasteiger charge is 2.26. The summed E-state index contributed by atoms with van der Waals surface area (Å²) in [5.41, 5.74) is 8.86. The smallest absolute Gasteiger partial charge is 0.235 e. The number of nitrogens with zero attached hydrogens (tertiary/aromatic N) is 4. The molecule has 230 valence electrons. The molecule has 0 amide bonds. The Morgan fingerprint density at radius 1 is 0.380 bits per heavy atom. The minimum Gasteiger partial charge on any atom is -0.308 e. The summed E-state index contributed by atoms with van der Waals surface area (Å²) in [5, 5.41) is 13.2. The van der Waals surface area contributed by atoms with Crippen LogP contribution < -0.4 is 0 Å². The first-order chi connectivity index (χ1) is 24.8. The minimum atomic E-state index is 0.673. The first-order valence-corrected chi connectivity index (χ1v) is 17.1. The van der Waals surface area contributed by atoms with Crippen LogP contribution >= 0.6 is 0 Å². The fourth-order valence-corrected chi connectivity index (χ4v) is 8.67. The molecule has 0 aliphatic rings. The highest BCUT2D eigenvalue weighted by molar-refractivity contribution is 6.34. The summed E-state index contributed by atoms with van der Waals surface area (Å²) >= 11 is 0. The lowest BCUT2D eigenvalue weighted by molar-refractivity contribution is 1.02. The zero-order valence-corrected chi connectivity index (χ0v) is 26.8. The summed E-state index contributed by atoms with van der Waals surface area (Å²) in [6.45, 7) is 0. The molecule has 0 unspecified atom stereocenters. The van der Waals surface area contributed by atoms with E-state index in [2.05, 4.69) is 167 Å². The summed E-state index contributed by atoms with van der Waals surface area (Å²) in [7, 11) is 0. The van der Waals surface area contributed by atoms with Gasteiger partial charge in [0, 0.05) is 48.7 Å². The number of hydrogen-bond donors (Lipinski definition) is 0. The van der Waals surface area contributed by atoms with Crippen LogP contribution in [0.25, 0.3) is 110 Å². The number of aromatic nitrogens is 4. The average molecular weight is 635 g/mol. The molecular formula is C46H26N4. The van der Waals surface area contributed by atoms with Gasteiger partial charge in [-0.05, 0) is 52.6 Å². The van der Waals surface area contributed by atoms with Gasteiger partial charge in [0.05, 0.1) is 38.8 Å². The van der Waals surface area contributed by atoms with Crippen molar-refractivity contribution in [3.8, 4) is 17.2 Å². The van der Waals surface area contributed by atoms with E-state index >= 15 is 0 Å². The van der Waals surface area contributed by atoms with Crippen LogP contribution in [0.1, 0.15) is 0 Å². The molecule has 0 bridgehead atoms. The van der Waals surface area contributed by atoms with Gasteiger partial charge in [-0.15, -0.1) is 0 Å². The molecule has 50 heavy (non-hydrogen) atoms. The van der Waals surface area contributed by atoms with Crippen molar-refractivity contribution in [2.24, 2.45) is 0 Å². The molecule has 12 rings (SSSR count). The summed E-state index contributed by atoms with van der Waals surface area (Å²) in [6, 6.07) is 56.8. The van der Waals surface area contributed by atoms with Gasteiger partial charge in [-0.2, -0.15) is 0 Å². The highest BCUT2D eigenvalue weighted by Crippen LogP contribution is 2.47. The summed E-state index contributed by atoms with van der Waals surface area (Å²) in [6.07, 6.45) is 0. The van der Waals surface area contributed by atoms with Crippen LogP contribution in [-0.2, 0) is 0 Å². The molecule has 0 atom stereocenters. The Labute approximate surface area is 285 Å². The summed E-state index contributed by atoms with van der Waals surface area (Å²) in [4.78, 5) is 11.0. The molecule has 4 nitrogen and oxygen atoms in total. The molecular weight excluding hydrogens is 609 g/mol. The third-order valence-electron chi connectivity index (χ3n) is 10.8. The van der Waals surface area contributed by atoms with Gasteiger partial charge < -0.3 is 4.40 Å². The second kappa shape index (κ2) is 9.43. The molecule has 4 heteroatoms. The second-order valence-electron chi connectivity index (χ2n) is 13.4. The van der Waals surface area contributed by atoms with E-state index in [4.69, 9.17) is 9.97 Å². The van der Waals surface area contributed by atoms with Crippen LogP contribution in [0.2, 0.25) is 0 Å². The maximum absolute atomic E-state index is 5.50. The number of hydrogen-bond acceptors (Lipinski definition) is 2. The monoisotopic (exact) mass is 634 g/mol. The average Bonchev–Trinajstić information content (AvgIpc) is 3.81. The Hall–Kier alpha value is -6.78. The van der Waals surface area contributed by atoms with E-state index in [1.165, 1.54) is 59.6 Å². The van der Waals surface area contributed by atoms with Gasteiger partial charge in [-0.3, -0.25) is 4.57 Å². The quantitative estimate of drug-likeness (QED) is 0.177. The van der Waals surface area contributed by atoms with Crippen LogP contribution in [0.5, 0.6) is 0 Å². The van der Waals surface area contributed by atoms with Crippen molar-refractivity contribution in [3.63, 3.8) is 0 Å². The van der Waals surface area contributed by atoms with Crippen molar-refractivity contribution in [1.29, 1.82) is 0 Å². The molecule has 12 aromatic rings. The topological polar surface area (TPSA) is 35.1 Å². The third kappa shape index (κ3) is 3.30. The van der Waals surface area contributed by atoms with Gasteiger partial charge >= 0.3 is 0 Å². The number of rotatable bonds is 2. The summed E-state index contributed by atoms with van der Waals surface area (Å²) < 4.78 is 4.81. The van der Waals surface area contributed by atoms with Crippen LogP contribution in [-0.4, -0.2) is 18.9 Å². The van der Waals surface area contributed by atoms with Crippen molar-refractivity contribution in [2.75, 3.05) is 0 Å². The fourth-order valence-electron chi connectivity index (χ4n) is 8.67. The number of fused-ring (bicyclic) bond motifs is 14. The van der Waals surface area contributed by atoms with E-state index in [-0.39, 0.29) is 0 Å². The SMILES string of the molecule is c1ccc(-c2nc(-n3c4ccccc4c4cc5c6ccccc6n6c7cc8ccccc8cc7c(c43)c56)nc3c2ccc2ccccc23)cc1. The zero-order chi connectivity index (χ0) is 32.5. The van der Waals surface area contributed by atoms with Gasteiger partial charge in [-0.1, -0.05) is 121 Å². The molecule has 0 spiro atoms. The van der Waals surface area contributed by atoms with Crippen molar-refractivity contribution in [2.45, 2.75) is 0 Å². The Balaban J connectivity index is 1.35. The van der Waals surface area contributed by atoms with Crippen LogP contribution in [0.3, 0.4) is 0 Å². The Bertz CT molecular complexity index is 3370. The zero-order valence-electron chi connectivity index (χ0n) is 26.8. The van der Waals surface area contributed by atoms with Gasteiger partial charge in [0.25, 0.3) is 0 Å². The Morgan fingerprint density at radius 2 is 1.02 bits per heavy atom. The van der Waals surface area contributed by atoms with Crippen molar-refractivity contribution >= 4 is 92.3 Å². The van der Waals surface area contributed by atoms with Gasteiger partial charge in [-0.25, -0.2) is 9.97 Å². The largest absolute Gasteiger partial charge is 0.308 e. The normalized spacial score (nSPS) is 12.4. The van der Waals surface area contributed by atoms with Crippen molar-refractivity contribution < 1.29 is 0 Å². The number of para-hydroxylation sites is 2. The lowest BCUT2D eigenvalue weighted by atomic mass is 10.0. The number of benzene rings is 8. The second-order valence-corrected chi connectivity index (χ2v) is 13.4. The van der Waals surface area contributed by atoms with Gasteiger partial charge in [0.15, 0.2) is 0 Å². The molecule has 8 aromatic carbocycles. The molecule has 0 aliphatic carbocycles. The van der Waals surface area contributed by atoms with Gasteiger partial charge in [0.2, 0.25) is 5.95 Å². The first-order valence-electron chi connectivity index (χ1n) is 17.1. The fraction of sp³-hybridized carbons (Fsp3) is 0. The molecule has 0 fully saturated rings. The first kappa shape index (κ1) is 26.2. The molecule has 0 radical (unpaired) electrons. The summed E-state index contributed by atoms with van der Waals surface area (Å²) in [5.74, 6) is 0.673. The lowest BCUT2D eigenvalue weighted by Crippen LogP contribution is -2.04.